The molecule has 0 saturated carbocycles. The number of hydrogen-bond donors (Lipinski definition) is 2. The van der Waals surface area contributed by atoms with Crippen LogP contribution in [0, 0.1) is 6.92 Å². The van der Waals surface area contributed by atoms with Gasteiger partial charge in [0.05, 0.1) is 17.0 Å². The van der Waals surface area contributed by atoms with Crippen LogP contribution in [-0.4, -0.2) is 25.7 Å². The lowest BCUT2D eigenvalue weighted by Crippen LogP contribution is -2.55. The van der Waals surface area contributed by atoms with E-state index in [1.54, 1.807) is 24.3 Å². The molecule has 3 aliphatic carbocycles. The second-order valence-electron chi connectivity index (χ2n) is 7.66. The average molecular weight is 391 g/mol. The number of fused-ring (bicyclic) bond motifs is 1. The molecule has 6 rings (SSSR count). The van der Waals surface area contributed by atoms with Gasteiger partial charge in [0.2, 0.25) is 10.0 Å². The van der Waals surface area contributed by atoms with Crippen molar-refractivity contribution in [2.75, 3.05) is 0 Å². The summed E-state index contributed by atoms with van der Waals surface area (Å²) in [5, 5.41) is 11.2. The van der Waals surface area contributed by atoms with Crippen molar-refractivity contribution < 1.29 is 13.5 Å². The Balaban J connectivity index is 1.61. The van der Waals surface area contributed by atoms with Gasteiger partial charge in [-0.1, -0.05) is 66.2 Å². The SMILES string of the molecule is Cc1ccc(S(=O)(=O)N[C@@H]2C3c4ccccc4C(c4ccccc43)[C@@H]2O)cc1. The zero-order valence-electron chi connectivity index (χ0n) is 15.4. The van der Waals surface area contributed by atoms with Gasteiger partial charge in [-0.3, -0.25) is 0 Å². The molecule has 0 radical (unpaired) electrons. The van der Waals surface area contributed by atoms with E-state index in [1.165, 1.54) is 0 Å². The van der Waals surface area contributed by atoms with Crippen molar-refractivity contribution in [1.29, 1.82) is 0 Å². The number of rotatable bonds is 3. The van der Waals surface area contributed by atoms with Gasteiger partial charge in [0, 0.05) is 11.8 Å². The van der Waals surface area contributed by atoms with Crippen LogP contribution < -0.4 is 4.72 Å². The highest BCUT2D eigenvalue weighted by atomic mass is 32.2. The van der Waals surface area contributed by atoms with Crippen molar-refractivity contribution in [3.05, 3.63) is 101 Å². The number of hydrogen-bond acceptors (Lipinski definition) is 3. The zero-order chi connectivity index (χ0) is 19.5. The predicted molar refractivity (Wildman–Crippen MR) is 108 cm³/mol. The minimum absolute atomic E-state index is 0.215. The molecule has 2 atom stereocenters. The zero-order valence-corrected chi connectivity index (χ0v) is 16.2. The van der Waals surface area contributed by atoms with E-state index >= 15 is 0 Å². The van der Waals surface area contributed by atoms with E-state index < -0.39 is 22.2 Å². The summed E-state index contributed by atoms with van der Waals surface area (Å²) in [5.74, 6) is -0.448. The molecule has 142 valence electrons. The third kappa shape index (κ3) is 2.54. The van der Waals surface area contributed by atoms with Gasteiger partial charge in [0.1, 0.15) is 0 Å². The first kappa shape index (κ1) is 17.6. The molecule has 0 unspecified atom stereocenters. The van der Waals surface area contributed by atoms with Gasteiger partial charge in [0.15, 0.2) is 0 Å². The quantitative estimate of drug-likeness (QED) is 0.720. The lowest BCUT2D eigenvalue weighted by molar-refractivity contribution is 0.0946. The Kier molecular flexibility index (Phi) is 3.95. The first-order valence-electron chi connectivity index (χ1n) is 9.42. The predicted octanol–water partition coefficient (Wildman–Crippen LogP) is 3.29. The highest BCUT2D eigenvalue weighted by Gasteiger charge is 2.50. The molecule has 0 aliphatic heterocycles. The molecule has 28 heavy (non-hydrogen) atoms. The molecule has 0 aromatic heterocycles. The largest absolute Gasteiger partial charge is 0.390 e. The number of aryl methyl sites for hydroxylation is 1. The number of aliphatic hydroxyl groups is 1. The Bertz CT molecular complexity index is 1110. The van der Waals surface area contributed by atoms with Gasteiger partial charge in [-0.15, -0.1) is 0 Å². The Hall–Kier alpha value is -2.47. The van der Waals surface area contributed by atoms with Crippen molar-refractivity contribution in [3.8, 4) is 0 Å². The maximum Gasteiger partial charge on any atom is 0.240 e. The normalized spacial score (nSPS) is 25.2. The van der Waals surface area contributed by atoms with Gasteiger partial charge in [0.25, 0.3) is 0 Å². The number of benzene rings is 3. The van der Waals surface area contributed by atoms with Crippen LogP contribution in [0.1, 0.15) is 39.7 Å². The molecule has 4 nitrogen and oxygen atoms in total. The van der Waals surface area contributed by atoms with E-state index in [-0.39, 0.29) is 16.7 Å². The number of nitrogens with one attached hydrogen (secondary N) is 1. The summed E-state index contributed by atoms with van der Waals surface area (Å²) in [4.78, 5) is 0.216. The van der Waals surface area contributed by atoms with Crippen LogP contribution in [-0.2, 0) is 10.0 Å². The Labute approximate surface area is 164 Å². The molecule has 2 bridgehead atoms. The van der Waals surface area contributed by atoms with Crippen LogP contribution in [0.25, 0.3) is 0 Å². The van der Waals surface area contributed by atoms with Crippen molar-refractivity contribution >= 4 is 10.0 Å². The highest BCUT2D eigenvalue weighted by Crippen LogP contribution is 2.52. The van der Waals surface area contributed by atoms with E-state index in [9.17, 15) is 13.5 Å². The number of aliphatic hydroxyl groups excluding tert-OH is 1. The number of sulfonamides is 1. The van der Waals surface area contributed by atoms with Crippen LogP contribution in [0.5, 0.6) is 0 Å². The minimum Gasteiger partial charge on any atom is -0.390 e. The third-order valence-corrected chi connectivity index (χ3v) is 7.50. The maximum atomic E-state index is 13.0. The molecule has 2 N–H and O–H groups in total. The van der Waals surface area contributed by atoms with E-state index in [2.05, 4.69) is 4.72 Å². The molecule has 3 aliphatic rings. The standard InChI is InChI=1S/C23H21NO3S/c1-14-10-12-15(13-11-14)28(26,27)24-22-20-16-6-2-4-8-18(16)21(23(22)25)19-9-5-3-7-17(19)20/h2-13,20-25H,1H3/t20?,21?,22-,23+/m1/s1. The van der Waals surface area contributed by atoms with E-state index in [1.807, 2.05) is 55.5 Å². The van der Waals surface area contributed by atoms with E-state index in [4.69, 9.17) is 0 Å². The Morgan fingerprint density at radius 2 is 1.21 bits per heavy atom. The van der Waals surface area contributed by atoms with Crippen molar-refractivity contribution in [1.82, 2.24) is 4.72 Å². The topological polar surface area (TPSA) is 66.4 Å². The summed E-state index contributed by atoms with van der Waals surface area (Å²) < 4.78 is 28.9. The molecule has 3 aromatic rings. The second-order valence-corrected chi connectivity index (χ2v) is 9.38. The van der Waals surface area contributed by atoms with Crippen LogP contribution in [0.2, 0.25) is 0 Å². The molecule has 0 fully saturated rings. The van der Waals surface area contributed by atoms with Gasteiger partial charge in [-0.2, -0.15) is 0 Å². The smallest absolute Gasteiger partial charge is 0.240 e. The maximum absolute atomic E-state index is 13.0. The fourth-order valence-corrected chi connectivity index (χ4v) is 6.02. The van der Waals surface area contributed by atoms with E-state index in [0.717, 1.165) is 27.8 Å². The van der Waals surface area contributed by atoms with Crippen LogP contribution in [0.15, 0.2) is 77.7 Å². The molecular formula is C23H21NO3S. The summed E-state index contributed by atoms with van der Waals surface area (Å²) in [6.07, 6.45) is -0.824. The summed E-state index contributed by atoms with van der Waals surface area (Å²) in [5.41, 5.74) is 5.36. The molecule has 0 spiro atoms. The fraction of sp³-hybridized carbons (Fsp3) is 0.217. The van der Waals surface area contributed by atoms with Crippen molar-refractivity contribution in [3.63, 3.8) is 0 Å². The summed E-state index contributed by atoms with van der Waals surface area (Å²) in [6.45, 7) is 1.92. The van der Waals surface area contributed by atoms with E-state index in [0.29, 0.717) is 0 Å². The third-order valence-electron chi connectivity index (χ3n) is 6.02. The molecule has 0 amide bonds. The lowest BCUT2D eigenvalue weighted by Gasteiger charge is -2.48. The fourth-order valence-electron chi connectivity index (χ4n) is 4.75. The Morgan fingerprint density at radius 1 is 0.750 bits per heavy atom. The molecule has 0 saturated heterocycles. The van der Waals surface area contributed by atoms with Crippen molar-refractivity contribution in [2.45, 2.75) is 35.8 Å². The van der Waals surface area contributed by atoms with Crippen LogP contribution in [0.3, 0.4) is 0 Å². The van der Waals surface area contributed by atoms with Gasteiger partial charge >= 0.3 is 0 Å². The summed E-state index contributed by atoms with van der Waals surface area (Å²) in [7, 11) is -3.75. The molecule has 3 aromatic carbocycles. The van der Waals surface area contributed by atoms with Gasteiger partial charge in [-0.05, 0) is 41.3 Å². The molecular weight excluding hydrogens is 370 g/mol. The van der Waals surface area contributed by atoms with Gasteiger partial charge < -0.3 is 5.11 Å². The van der Waals surface area contributed by atoms with Crippen LogP contribution >= 0.6 is 0 Å². The second kappa shape index (κ2) is 6.27. The first-order chi connectivity index (χ1) is 13.5. The minimum atomic E-state index is -3.75. The first-order valence-corrected chi connectivity index (χ1v) is 10.9. The summed E-state index contributed by atoms with van der Waals surface area (Å²) >= 11 is 0. The van der Waals surface area contributed by atoms with Gasteiger partial charge in [-0.25, -0.2) is 13.1 Å². The molecule has 0 heterocycles. The lowest BCUT2D eigenvalue weighted by atomic mass is 9.60. The van der Waals surface area contributed by atoms with Crippen molar-refractivity contribution in [2.24, 2.45) is 0 Å². The Morgan fingerprint density at radius 3 is 1.71 bits per heavy atom. The molecule has 5 heteroatoms. The monoisotopic (exact) mass is 391 g/mol. The highest BCUT2D eigenvalue weighted by molar-refractivity contribution is 7.89. The average Bonchev–Trinajstić information content (AvgIpc) is 2.70. The summed E-state index contributed by atoms with van der Waals surface area (Å²) in [6, 6.07) is 22.2. The van der Waals surface area contributed by atoms with Crippen LogP contribution in [0.4, 0.5) is 0 Å².